The molecule has 3 aromatic rings. The van der Waals surface area contributed by atoms with E-state index in [2.05, 4.69) is 4.98 Å². The molecule has 3 rings (SSSR count). The van der Waals surface area contributed by atoms with Crippen molar-refractivity contribution in [3.8, 4) is 5.75 Å². The third-order valence-electron chi connectivity index (χ3n) is 3.70. The zero-order valence-electron chi connectivity index (χ0n) is 14.0. The molecule has 0 amide bonds. The lowest BCUT2D eigenvalue weighted by Crippen LogP contribution is -2.25. The van der Waals surface area contributed by atoms with Crippen LogP contribution in [-0.4, -0.2) is 14.9 Å². The normalized spacial score (nSPS) is 10.8. The van der Waals surface area contributed by atoms with Crippen molar-refractivity contribution in [3.05, 3.63) is 102 Å². The number of nitro groups is 1. The number of benzene rings is 2. The van der Waals surface area contributed by atoms with Gasteiger partial charge in [-0.25, -0.2) is 4.79 Å². The molecule has 0 fully saturated rings. The zero-order chi connectivity index (χ0) is 19.2. The van der Waals surface area contributed by atoms with Crippen molar-refractivity contribution < 1.29 is 9.66 Å². The highest BCUT2D eigenvalue weighted by atomic mass is 16.6. The summed E-state index contributed by atoms with van der Waals surface area (Å²) in [7, 11) is 0. The number of H-pyrrole nitrogens is 2. The van der Waals surface area contributed by atoms with Crippen molar-refractivity contribution >= 4 is 17.8 Å². The predicted molar refractivity (Wildman–Crippen MR) is 100 cm³/mol. The van der Waals surface area contributed by atoms with E-state index in [0.29, 0.717) is 12.4 Å². The largest absolute Gasteiger partial charge is 0.489 e. The summed E-state index contributed by atoms with van der Waals surface area (Å²) in [5.74, 6) is 0.673. The van der Waals surface area contributed by atoms with Crippen molar-refractivity contribution in [1.82, 2.24) is 9.97 Å². The predicted octanol–water partition coefficient (Wildman–Crippen LogP) is 2.72. The minimum Gasteiger partial charge on any atom is -0.489 e. The quantitative estimate of drug-likeness (QED) is 0.514. The minimum atomic E-state index is -1.05. The molecule has 0 aliphatic carbocycles. The number of hydrogen-bond acceptors (Lipinski definition) is 5. The fourth-order valence-electron chi connectivity index (χ4n) is 2.39. The summed E-state index contributed by atoms with van der Waals surface area (Å²) in [6.45, 7) is 0.441. The maximum Gasteiger partial charge on any atom is 0.357 e. The van der Waals surface area contributed by atoms with E-state index < -0.39 is 21.9 Å². The van der Waals surface area contributed by atoms with Crippen LogP contribution in [0.25, 0.3) is 12.2 Å². The summed E-state index contributed by atoms with van der Waals surface area (Å²) >= 11 is 0. The van der Waals surface area contributed by atoms with E-state index in [-0.39, 0.29) is 5.69 Å². The molecule has 0 bridgehead atoms. The van der Waals surface area contributed by atoms with E-state index in [1.807, 2.05) is 35.3 Å². The van der Waals surface area contributed by atoms with Gasteiger partial charge in [-0.05, 0) is 29.3 Å². The number of hydrogen-bond donors (Lipinski definition) is 2. The molecule has 1 heterocycles. The van der Waals surface area contributed by atoms with Crippen LogP contribution >= 0.6 is 0 Å². The summed E-state index contributed by atoms with van der Waals surface area (Å²) in [5.41, 5.74) is -0.973. The SMILES string of the molecule is O=c1[nH]c(C=Cc2ccc(OCc3ccccc3)cc2)c([N+](=O)[O-])c(=O)[nH]1. The number of aromatic nitrogens is 2. The Morgan fingerprint density at radius 1 is 0.963 bits per heavy atom. The number of ether oxygens (including phenoxy) is 1. The number of aromatic amines is 2. The van der Waals surface area contributed by atoms with Gasteiger partial charge in [-0.3, -0.25) is 19.9 Å². The third-order valence-corrected chi connectivity index (χ3v) is 3.70. The van der Waals surface area contributed by atoms with Crippen LogP contribution in [0.2, 0.25) is 0 Å². The van der Waals surface area contributed by atoms with Crippen LogP contribution in [0.1, 0.15) is 16.8 Å². The van der Waals surface area contributed by atoms with E-state index in [1.54, 1.807) is 30.3 Å². The van der Waals surface area contributed by atoms with Crippen molar-refractivity contribution in [1.29, 1.82) is 0 Å². The van der Waals surface area contributed by atoms with Gasteiger partial charge in [0.15, 0.2) is 0 Å². The second-order valence-electron chi connectivity index (χ2n) is 5.60. The van der Waals surface area contributed by atoms with Crippen LogP contribution in [0.15, 0.2) is 64.2 Å². The summed E-state index contributed by atoms with van der Waals surface area (Å²) in [5, 5.41) is 11.0. The highest BCUT2D eigenvalue weighted by Crippen LogP contribution is 2.17. The van der Waals surface area contributed by atoms with Crippen LogP contribution < -0.4 is 16.0 Å². The van der Waals surface area contributed by atoms with E-state index >= 15 is 0 Å². The first kappa shape index (κ1) is 17.9. The van der Waals surface area contributed by atoms with Crippen LogP contribution in [0.5, 0.6) is 5.75 Å². The molecule has 0 radical (unpaired) electrons. The first-order valence-corrected chi connectivity index (χ1v) is 7.99. The molecule has 0 spiro atoms. The second kappa shape index (κ2) is 7.96. The highest BCUT2D eigenvalue weighted by Gasteiger charge is 2.18. The summed E-state index contributed by atoms with van der Waals surface area (Å²) in [6, 6.07) is 16.8. The Bertz CT molecular complexity index is 1080. The Hall–Kier alpha value is -3.94. The lowest BCUT2D eigenvalue weighted by Gasteiger charge is -2.06. The van der Waals surface area contributed by atoms with Crippen LogP contribution in [0.4, 0.5) is 5.69 Å². The van der Waals surface area contributed by atoms with Crippen molar-refractivity contribution in [3.63, 3.8) is 0 Å². The van der Waals surface area contributed by atoms with Gasteiger partial charge in [0.05, 0.1) is 4.92 Å². The molecule has 27 heavy (non-hydrogen) atoms. The first-order chi connectivity index (χ1) is 13.0. The summed E-state index contributed by atoms with van der Waals surface area (Å²) < 4.78 is 5.69. The molecule has 0 aliphatic heterocycles. The van der Waals surface area contributed by atoms with E-state index in [0.717, 1.165) is 11.1 Å². The number of nitrogens with zero attached hydrogens (tertiary/aromatic N) is 1. The smallest absolute Gasteiger partial charge is 0.357 e. The standard InChI is InChI=1S/C19H15N3O5/c23-18-17(22(25)26)16(20-19(24)21-18)11-8-13-6-9-15(10-7-13)27-12-14-4-2-1-3-5-14/h1-11H,12H2,(H2,20,21,23,24). The average molecular weight is 365 g/mol. The monoisotopic (exact) mass is 365 g/mol. The fourth-order valence-corrected chi connectivity index (χ4v) is 2.39. The number of nitrogens with one attached hydrogen (secondary N) is 2. The lowest BCUT2D eigenvalue weighted by molar-refractivity contribution is -0.386. The molecule has 0 saturated heterocycles. The van der Waals surface area contributed by atoms with Crippen molar-refractivity contribution in [2.45, 2.75) is 6.61 Å². The number of rotatable bonds is 6. The van der Waals surface area contributed by atoms with Gasteiger partial charge in [0, 0.05) is 0 Å². The van der Waals surface area contributed by atoms with Crippen LogP contribution in [0.3, 0.4) is 0 Å². The Kier molecular flexibility index (Phi) is 5.27. The van der Waals surface area contributed by atoms with Gasteiger partial charge in [-0.2, -0.15) is 0 Å². The Labute approximate surface area is 152 Å². The Balaban J connectivity index is 1.74. The van der Waals surface area contributed by atoms with Crippen molar-refractivity contribution in [2.75, 3.05) is 0 Å². The van der Waals surface area contributed by atoms with Gasteiger partial charge < -0.3 is 9.72 Å². The fraction of sp³-hybridized carbons (Fsp3) is 0.0526. The topological polar surface area (TPSA) is 118 Å². The molecule has 0 atom stereocenters. The molecular weight excluding hydrogens is 350 g/mol. The molecular formula is C19H15N3O5. The van der Waals surface area contributed by atoms with Gasteiger partial charge in [-0.1, -0.05) is 48.5 Å². The van der Waals surface area contributed by atoms with E-state index in [4.69, 9.17) is 4.74 Å². The third kappa shape index (κ3) is 4.57. The van der Waals surface area contributed by atoms with Gasteiger partial charge in [0.25, 0.3) is 0 Å². The van der Waals surface area contributed by atoms with Gasteiger partial charge in [0.2, 0.25) is 0 Å². The molecule has 1 aromatic heterocycles. The van der Waals surface area contributed by atoms with Crippen LogP contribution in [-0.2, 0) is 6.61 Å². The molecule has 8 heteroatoms. The minimum absolute atomic E-state index is 0.168. The maximum absolute atomic E-state index is 11.6. The second-order valence-corrected chi connectivity index (χ2v) is 5.60. The van der Waals surface area contributed by atoms with Gasteiger partial charge in [-0.15, -0.1) is 0 Å². The highest BCUT2D eigenvalue weighted by molar-refractivity contribution is 5.71. The average Bonchev–Trinajstić information content (AvgIpc) is 2.65. The molecule has 0 aliphatic rings. The molecule has 8 nitrogen and oxygen atoms in total. The molecule has 0 unspecified atom stereocenters. The summed E-state index contributed by atoms with van der Waals surface area (Å²) in [4.78, 5) is 37.2. The van der Waals surface area contributed by atoms with E-state index in [9.17, 15) is 19.7 Å². The molecule has 0 saturated carbocycles. The van der Waals surface area contributed by atoms with Crippen LogP contribution in [0, 0.1) is 10.1 Å². The molecule has 2 N–H and O–H groups in total. The first-order valence-electron chi connectivity index (χ1n) is 7.99. The molecule has 2 aromatic carbocycles. The summed E-state index contributed by atoms with van der Waals surface area (Å²) in [6.07, 6.45) is 2.87. The maximum atomic E-state index is 11.6. The van der Waals surface area contributed by atoms with E-state index in [1.165, 1.54) is 6.08 Å². The van der Waals surface area contributed by atoms with Gasteiger partial charge in [0.1, 0.15) is 18.1 Å². The zero-order valence-corrected chi connectivity index (χ0v) is 14.0. The van der Waals surface area contributed by atoms with Crippen molar-refractivity contribution in [2.24, 2.45) is 0 Å². The van der Waals surface area contributed by atoms with Gasteiger partial charge >= 0.3 is 16.9 Å². The molecule has 136 valence electrons. The Morgan fingerprint density at radius 3 is 2.33 bits per heavy atom. The lowest BCUT2D eigenvalue weighted by atomic mass is 10.2. The Morgan fingerprint density at radius 2 is 1.67 bits per heavy atom.